The lowest BCUT2D eigenvalue weighted by atomic mass is 10.1. The van der Waals surface area contributed by atoms with E-state index in [1.807, 2.05) is 6.07 Å². The van der Waals surface area contributed by atoms with E-state index in [2.05, 4.69) is 17.0 Å². The molecule has 2 heterocycles. The average Bonchev–Trinajstić information content (AvgIpc) is 3.16. The fraction of sp³-hybridized carbons (Fsp3) is 0.318. The van der Waals surface area contributed by atoms with Gasteiger partial charge in [0.25, 0.3) is 0 Å². The SMILES string of the molecule is O=C(C=Cc1c(F)cccc1F)N1CCN(Cc2ccc3c(c2)CCO3)CC1. The Kier molecular flexibility index (Phi) is 5.39. The first kappa shape index (κ1) is 18.6. The van der Waals surface area contributed by atoms with E-state index >= 15 is 0 Å². The smallest absolute Gasteiger partial charge is 0.246 e. The molecule has 0 aromatic heterocycles. The van der Waals surface area contributed by atoms with Crippen LogP contribution < -0.4 is 4.74 Å². The highest BCUT2D eigenvalue weighted by atomic mass is 19.1. The zero-order valence-electron chi connectivity index (χ0n) is 15.5. The van der Waals surface area contributed by atoms with E-state index < -0.39 is 11.6 Å². The maximum Gasteiger partial charge on any atom is 0.246 e. The van der Waals surface area contributed by atoms with Crippen LogP contribution in [0.2, 0.25) is 0 Å². The minimum atomic E-state index is -0.673. The van der Waals surface area contributed by atoms with Gasteiger partial charge < -0.3 is 9.64 Å². The normalized spacial score (nSPS) is 17.0. The highest BCUT2D eigenvalue weighted by molar-refractivity contribution is 5.91. The second kappa shape index (κ2) is 8.10. The van der Waals surface area contributed by atoms with Crippen LogP contribution in [-0.4, -0.2) is 48.5 Å². The summed E-state index contributed by atoms with van der Waals surface area (Å²) in [6.07, 6.45) is 3.42. The number of rotatable bonds is 4. The zero-order chi connectivity index (χ0) is 19.5. The Labute approximate surface area is 163 Å². The molecule has 1 fully saturated rings. The van der Waals surface area contributed by atoms with Crippen molar-refractivity contribution in [1.29, 1.82) is 0 Å². The quantitative estimate of drug-likeness (QED) is 0.759. The monoisotopic (exact) mass is 384 g/mol. The molecule has 0 unspecified atom stereocenters. The molecule has 6 heteroatoms. The average molecular weight is 384 g/mol. The molecule has 4 nitrogen and oxygen atoms in total. The zero-order valence-corrected chi connectivity index (χ0v) is 15.5. The van der Waals surface area contributed by atoms with Gasteiger partial charge in [0.15, 0.2) is 0 Å². The maximum absolute atomic E-state index is 13.7. The maximum atomic E-state index is 13.7. The third kappa shape index (κ3) is 4.07. The van der Waals surface area contributed by atoms with Crippen LogP contribution in [0, 0.1) is 11.6 Å². The first-order valence-corrected chi connectivity index (χ1v) is 9.48. The molecule has 0 saturated carbocycles. The molecule has 0 aliphatic carbocycles. The molecule has 146 valence electrons. The molecule has 0 N–H and O–H groups in total. The predicted octanol–water partition coefficient (Wildman–Crippen LogP) is 3.26. The van der Waals surface area contributed by atoms with Crippen LogP contribution >= 0.6 is 0 Å². The minimum absolute atomic E-state index is 0.185. The lowest BCUT2D eigenvalue weighted by molar-refractivity contribution is -0.127. The summed E-state index contributed by atoms with van der Waals surface area (Å²) in [5.74, 6) is -0.587. The number of piperazine rings is 1. The summed E-state index contributed by atoms with van der Waals surface area (Å²) in [6, 6.07) is 9.98. The molecule has 28 heavy (non-hydrogen) atoms. The van der Waals surface area contributed by atoms with Crippen LogP contribution in [-0.2, 0) is 17.8 Å². The van der Waals surface area contributed by atoms with Gasteiger partial charge >= 0.3 is 0 Å². The van der Waals surface area contributed by atoms with Gasteiger partial charge in [-0.1, -0.05) is 18.2 Å². The number of halogens is 2. The summed E-state index contributed by atoms with van der Waals surface area (Å²) in [7, 11) is 0. The second-order valence-electron chi connectivity index (χ2n) is 7.11. The Balaban J connectivity index is 1.31. The van der Waals surface area contributed by atoms with E-state index in [9.17, 15) is 13.6 Å². The molecule has 0 bridgehead atoms. The Morgan fingerprint density at radius 2 is 1.82 bits per heavy atom. The highest BCUT2D eigenvalue weighted by Gasteiger charge is 2.20. The van der Waals surface area contributed by atoms with Crippen LogP contribution in [0.1, 0.15) is 16.7 Å². The first-order valence-electron chi connectivity index (χ1n) is 9.48. The van der Waals surface area contributed by atoms with Crippen LogP contribution in [0.25, 0.3) is 6.08 Å². The fourth-order valence-electron chi connectivity index (χ4n) is 3.65. The Bertz CT molecular complexity index is 885. The number of hydrogen-bond donors (Lipinski definition) is 0. The summed E-state index contributed by atoms with van der Waals surface area (Å²) >= 11 is 0. The Hall–Kier alpha value is -2.73. The van der Waals surface area contributed by atoms with E-state index in [1.54, 1.807) is 4.90 Å². The number of nitrogens with zero attached hydrogens (tertiary/aromatic N) is 2. The number of amides is 1. The van der Waals surface area contributed by atoms with Gasteiger partial charge in [-0.05, 0) is 35.4 Å². The number of fused-ring (bicyclic) bond motifs is 1. The molecule has 2 aliphatic heterocycles. The lowest BCUT2D eigenvalue weighted by Gasteiger charge is -2.34. The minimum Gasteiger partial charge on any atom is -0.493 e. The van der Waals surface area contributed by atoms with Crippen LogP contribution in [0.5, 0.6) is 5.75 Å². The van der Waals surface area contributed by atoms with Gasteiger partial charge in [-0.3, -0.25) is 9.69 Å². The lowest BCUT2D eigenvalue weighted by Crippen LogP contribution is -2.47. The number of benzene rings is 2. The first-order chi connectivity index (χ1) is 13.6. The Morgan fingerprint density at radius 3 is 2.57 bits per heavy atom. The van der Waals surface area contributed by atoms with Gasteiger partial charge in [0.1, 0.15) is 17.4 Å². The van der Waals surface area contributed by atoms with E-state index in [0.29, 0.717) is 13.1 Å². The number of carbonyl (C=O) groups is 1. The molecule has 1 amide bonds. The number of hydrogen-bond acceptors (Lipinski definition) is 3. The molecule has 1 saturated heterocycles. The van der Waals surface area contributed by atoms with Gasteiger partial charge in [-0.15, -0.1) is 0 Å². The third-order valence-corrected chi connectivity index (χ3v) is 5.24. The van der Waals surface area contributed by atoms with Crippen molar-refractivity contribution in [2.24, 2.45) is 0 Å². The second-order valence-corrected chi connectivity index (χ2v) is 7.11. The molecule has 2 aromatic rings. The molecule has 4 rings (SSSR count). The standard InChI is InChI=1S/C22H22F2N2O2/c23-19-2-1-3-20(24)18(19)5-7-22(27)26-11-9-25(10-12-26)15-16-4-6-21-17(14-16)8-13-28-21/h1-7,14H,8-13,15H2. The van der Waals surface area contributed by atoms with Crippen molar-refractivity contribution in [3.63, 3.8) is 0 Å². The molecule has 2 aliphatic rings. The van der Waals surface area contributed by atoms with Gasteiger partial charge in [0.2, 0.25) is 5.91 Å². The molecule has 0 spiro atoms. The van der Waals surface area contributed by atoms with Gasteiger partial charge in [0, 0.05) is 50.8 Å². The summed E-state index contributed by atoms with van der Waals surface area (Å²) < 4.78 is 32.8. The van der Waals surface area contributed by atoms with Crippen molar-refractivity contribution in [3.05, 3.63) is 70.8 Å². The van der Waals surface area contributed by atoms with Crippen molar-refractivity contribution in [2.75, 3.05) is 32.8 Å². The van der Waals surface area contributed by atoms with Crippen LogP contribution in [0.3, 0.4) is 0 Å². The predicted molar refractivity (Wildman–Crippen MR) is 103 cm³/mol. The topological polar surface area (TPSA) is 32.8 Å². The van der Waals surface area contributed by atoms with Crippen LogP contribution in [0.4, 0.5) is 8.78 Å². The molecule has 0 radical (unpaired) electrons. The molecule has 0 atom stereocenters. The van der Waals surface area contributed by atoms with E-state index in [0.717, 1.165) is 38.4 Å². The summed E-state index contributed by atoms with van der Waals surface area (Å²) in [6.45, 7) is 4.31. The molecule has 2 aromatic carbocycles. The van der Waals surface area contributed by atoms with Crippen molar-refractivity contribution < 1.29 is 18.3 Å². The molecular formula is C22H22F2N2O2. The third-order valence-electron chi connectivity index (χ3n) is 5.24. The van der Waals surface area contributed by atoms with Crippen molar-refractivity contribution in [2.45, 2.75) is 13.0 Å². The van der Waals surface area contributed by atoms with Crippen molar-refractivity contribution in [1.82, 2.24) is 9.80 Å². The molecular weight excluding hydrogens is 362 g/mol. The Morgan fingerprint density at radius 1 is 1.07 bits per heavy atom. The summed E-state index contributed by atoms with van der Waals surface area (Å²) in [5.41, 5.74) is 2.32. The fourth-order valence-corrected chi connectivity index (χ4v) is 3.65. The van der Waals surface area contributed by atoms with Gasteiger partial charge in [-0.2, -0.15) is 0 Å². The highest BCUT2D eigenvalue weighted by Crippen LogP contribution is 2.26. The van der Waals surface area contributed by atoms with Crippen molar-refractivity contribution in [3.8, 4) is 5.75 Å². The van der Waals surface area contributed by atoms with E-state index in [4.69, 9.17) is 4.74 Å². The van der Waals surface area contributed by atoms with E-state index in [1.165, 1.54) is 41.5 Å². The van der Waals surface area contributed by atoms with Crippen LogP contribution in [0.15, 0.2) is 42.5 Å². The number of carbonyl (C=O) groups excluding carboxylic acids is 1. The van der Waals surface area contributed by atoms with Gasteiger partial charge in [0.05, 0.1) is 6.61 Å². The summed E-state index contributed by atoms with van der Waals surface area (Å²) in [5, 5.41) is 0. The number of ether oxygens (including phenoxy) is 1. The van der Waals surface area contributed by atoms with E-state index in [-0.39, 0.29) is 11.5 Å². The largest absolute Gasteiger partial charge is 0.493 e. The van der Waals surface area contributed by atoms with Crippen molar-refractivity contribution >= 4 is 12.0 Å². The summed E-state index contributed by atoms with van der Waals surface area (Å²) in [4.78, 5) is 16.4. The van der Waals surface area contributed by atoms with Gasteiger partial charge in [-0.25, -0.2) is 8.78 Å².